The van der Waals surface area contributed by atoms with Crippen LogP contribution in [0, 0.1) is 17.0 Å². The zero-order valence-corrected chi connectivity index (χ0v) is 9.86. The van der Waals surface area contributed by atoms with Crippen LogP contribution in [-0.2, 0) is 0 Å². The number of hydrogen-bond acceptors (Lipinski definition) is 4. The van der Waals surface area contributed by atoms with E-state index in [2.05, 4.69) is 5.32 Å². The summed E-state index contributed by atoms with van der Waals surface area (Å²) in [5.74, 6) is 0. The van der Waals surface area contributed by atoms with Crippen LogP contribution in [0.3, 0.4) is 0 Å². The number of nitrogens with zero attached hydrogens (tertiary/aromatic N) is 2. The summed E-state index contributed by atoms with van der Waals surface area (Å²) in [5.41, 5.74) is 1.79. The molecule has 1 aromatic rings. The molecule has 16 heavy (non-hydrogen) atoms. The number of nitro benzene ring substituents is 1. The van der Waals surface area contributed by atoms with Crippen molar-refractivity contribution < 1.29 is 4.92 Å². The number of aryl methyl sites for hydroxylation is 1. The van der Waals surface area contributed by atoms with Gasteiger partial charge < -0.3 is 10.2 Å². The lowest BCUT2D eigenvalue weighted by Gasteiger charge is -2.20. The Morgan fingerprint density at radius 3 is 2.75 bits per heavy atom. The molecule has 5 heteroatoms. The lowest BCUT2D eigenvalue weighted by Crippen LogP contribution is -2.28. The summed E-state index contributed by atoms with van der Waals surface area (Å²) in [5, 5.41) is 13.9. The third-order valence-electron chi connectivity index (χ3n) is 2.49. The van der Waals surface area contributed by atoms with E-state index >= 15 is 0 Å². The molecule has 0 spiro atoms. The number of rotatable bonds is 5. The number of likely N-dealkylation sites (N-methyl/N-ethyl adjacent to an activating group) is 2. The van der Waals surface area contributed by atoms with Gasteiger partial charge >= 0.3 is 0 Å². The van der Waals surface area contributed by atoms with Crippen LogP contribution in [0.1, 0.15) is 5.56 Å². The van der Waals surface area contributed by atoms with Gasteiger partial charge in [-0.15, -0.1) is 0 Å². The number of nitrogens with one attached hydrogen (secondary N) is 1. The van der Waals surface area contributed by atoms with Gasteiger partial charge in [0.15, 0.2) is 0 Å². The first-order valence-electron chi connectivity index (χ1n) is 5.17. The molecular formula is C11H17N3O2. The van der Waals surface area contributed by atoms with Crippen molar-refractivity contribution in [3.05, 3.63) is 33.9 Å². The van der Waals surface area contributed by atoms with Crippen molar-refractivity contribution in [1.82, 2.24) is 5.32 Å². The zero-order chi connectivity index (χ0) is 12.1. The first-order chi connectivity index (χ1) is 7.57. The standard InChI is InChI=1S/C11H17N3O2/c1-9-5-4-6-10(14(15)16)11(9)13(3)8-7-12-2/h4-6,12H,7-8H2,1-3H3. The minimum Gasteiger partial charge on any atom is -0.368 e. The Balaban J connectivity index is 3.04. The predicted octanol–water partition coefficient (Wildman–Crippen LogP) is 1.56. The number of para-hydroxylation sites is 1. The highest BCUT2D eigenvalue weighted by molar-refractivity contribution is 5.67. The maximum Gasteiger partial charge on any atom is 0.292 e. The SMILES string of the molecule is CNCCN(C)c1c(C)cccc1[N+](=O)[O-]. The van der Waals surface area contributed by atoms with Gasteiger partial charge in [-0.3, -0.25) is 10.1 Å². The second-order valence-corrected chi connectivity index (χ2v) is 3.72. The molecule has 0 atom stereocenters. The summed E-state index contributed by atoms with van der Waals surface area (Å²) in [6, 6.07) is 5.14. The van der Waals surface area contributed by atoms with Gasteiger partial charge in [-0.2, -0.15) is 0 Å². The third kappa shape index (κ3) is 2.70. The monoisotopic (exact) mass is 223 g/mol. The summed E-state index contributed by atoms with van der Waals surface area (Å²) in [4.78, 5) is 12.5. The van der Waals surface area contributed by atoms with Crippen molar-refractivity contribution in [1.29, 1.82) is 0 Å². The Labute approximate surface area is 95.2 Å². The van der Waals surface area contributed by atoms with E-state index in [1.54, 1.807) is 6.07 Å². The molecule has 0 aromatic heterocycles. The van der Waals surface area contributed by atoms with Crippen molar-refractivity contribution in [2.45, 2.75) is 6.92 Å². The fraction of sp³-hybridized carbons (Fsp3) is 0.455. The molecule has 0 saturated carbocycles. The largest absolute Gasteiger partial charge is 0.368 e. The smallest absolute Gasteiger partial charge is 0.292 e. The van der Waals surface area contributed by atoms with Crippen LogP contribution < -0.4 is 10.2 Å². The molecule has 0 aliphatic rings. The lowest BCUT2D eigenvalue weighted by molar-refractivity contribution is -0.384. The Bertz CT molecular complexity index is 379. The highest BCUT2D eigenvalue weighted by atomic mass is 16.6. The highest BCUT2D eigenvalue weighted by Crippen LogP contribution is 2.30. The number of nitro groups is 1. The molecule has 0 aliphatic carbocycles. The van der Waals surface area contributed by atoms with Crippen LogP contribution >= 0.6 is 0 Å². The van der Waals surface area contributed by atoms with Crippen molar-refractivity contribution in [3.63, 3.8) is 0 Å². The molecule has 0 heterocycles. The van der Waals surface area contributed by atoms with Crippen molar-refractivity contribution in [3.8, 4) is 0 Å². The number of hydrogen-bond donors (Lipinski definition) is 1. The van der Waals surface area contributed by atoms with E-state index < -0.39 is 0 Å². The summed E-state index contributed by atoms with van der Waals surface area (Å²) in [6.45, 7) is 3.42. The van der Waals surface area contributed by atoms with Gasteiger partial charge in [0.2, 0.25) is 0 Å². The molecular weight excluding hydrogens is 206 g/mol. The Morgan fingerprint density at radius 1 is 1.50 bits per heavy atom. The second-order valence-electron chi connectivity index (χ2n) is 3.72. The third-order valence-corrected chi connectivity index (χ3v) is 2.49. The van der Waals surface area contributed by atoms with Gasteiger partial charge in [-0.1, -0.05) is 12.1 Å². The Kier molecular flexibility index (Phi) is 4.25. The molecule has 1 rings (SSSR count). The number of benzene rings is 1. The van der Waals surface area contributed by atoms with E-state index in [1.165, 1.54) is 6.07 Å². The van der Waals surface area contributed by atoms with Crippen LogP contribution in [0.5, 0.6) is 0 Å². The molecule has 0 saturated heterocycles. The summed E-state index contributed by atoms with van der Waals surface area (Å²) in [7, 11) is 3.73. The molecule has 0 amide bonds. The van der Waals surface area contributed by atoms with Crippen molar-refractivity contribution in [2.24, 2.45) is 0 Å². The fourth-order valence-electron chi connectivity index (χ4n) is 1.68. The second kappa shape index (κ2) is 5.46. The van der Waals surface area contributed by atoms with Crippen LogP contribution in [0.4, 0.5) is 11.4 Å². The highest BCUT2D eigenvalue weighted by Gasteiger charge is 2.18. The Hall–Kier alpha value is -1.62. The van der Waals surface area contributed by atoms with Gasteiger partial charge in [-0.05, 0) is 19.5 Å². The summed E-state index contributed by atoms with van der Waals surface area (Å²) >= 11 is 0. The van der Waals surface area contributed by atoms with Gasteiger partial charge in [-0.25, -0.2) is 0 Å². The molecule has 0 aliphatic heterocycles. The first-order valence-corrected chi connectivity index (χ1v) is 5.17. The Morgan fingerprint density at radius 2 is 2.19 bits per heavy atom. The molecule has 0 unspecified atom stereocenters. The fourth-order valence-corrected chi connectivity index (χ4v) is 1.68. The molecule has 88 valence electrons. The maximum atomic E-state index is 10.9. The summed E-state index contributed by atoms with van der Waals surface area (Å²) in [6.07, 6.45) is 0. The van der Waals surface area contributed by atoms with E-state index in [1.807, 2.05) is 32.0 Å². The zero-order valence-electron chi connectivity index (χ0n) is 9.86. The van der Waals surface area contributed by atoms with Crippen LogP contribution in [0.25, 0.3) is 0 Å². The quantitative estimate of drug-likeness (QED) is 0.608. The van der Waals surface area contributed by atoms with Gasteiger partial charge in [0, 0.05) is 26.2 Å². The van der Waals surface area contributed by atoms with Gasteiger partial charge in [0.1, 0.15) is 5.69 Å². The maximum absolute atomic E-state index is 10.9. The minimum atomic E-state index is -0.335. The van der Waals surface area contributed by atoms with E-state index in [0.717, 1.165) is 18.7 Å². The summed E-state index contributed by atoms with van der Waals surface area (Å²) < 4.78 is 0. The molecule has 1 N–H and O–H groups in total. The van der Waals surface area contributed by atoms with Crippen LogP contribution in [0.2, 0.25) is 0 Å². The average molecular weight is 223 g/mol. The molecule has 1 aromatic carbocycles. The van der Waals surface area contributed by atoms with Gasteiger partial charge in [0.05, 0.1) is 4.92 Å². The van der Waals surface area contributed by atoms with E-state index in [0.29, 0.717) is 5.69 Å². The van der Waals surface area contributed by atoms with Crippen LogP contribution in [-0.4, -0.2) is 32.1 Å². The van der Waals surface area contributed by atoms with E-state index in [9.17, 15) is 10.1 Å². The molecule has 0 fully saturated rings. The number of anilines is 1. The molecule has 0 bridgehead atoms. The minimum absolute atomic E-state index is 0.165. The predicted molar refractivity (Wildman–Crippen MR) is 65.0 cm³/mol. The van der Waals surface area contributed by atoms with Crippen LogP contribution in [0.15, 0.2) is 18.2 Å². The normalized spacial score (nSPS) is 10.2. The molecule has 5 nitrogen and oxygen atoms in total. The van der Waals surface area contributed by atoms with E-state index in [4.69, 9.17) is 0 Å². The van der Waals surface area contributed by atoms with Crippen molar-refractivity contribution >= 4 is 11.4 Å². The topological polar surface area (TPSA) is 58.4 Å². The first kappa shape index (κ1) is 12.4. The molecule has 0 radical (unpaired) electrons. The lowest BCUT2D eigenvalue weighted by atomic mass is 10.1. The van der Waals surface area contributed by atoms with Gasteiger partial charge in [0.25, 0.3) is 5.69 Å². The average Bonchev–Trinajstić information content (AvgIpc) is 2.25. The van der Waals surface area contributed by atoms with Crippen molar-refractivity contribution in [2.75, 3.05) is 32.1 Å². The van der Waals surface area contributed by atoms with E-state index in [-0.39, 0.29) is 10.6 Å².